The van der Waals surface area contributed by atoms with E-state index in [1.54, 1.807) is 0 Å². The van der Waals surface area contributed by atoms with E-state index >= 15 is 0 Å². The van der Waals surface area contributed by atoms with Crippen LogP contribution in [-0.4, -0.2) is 32.5 Å². The van der Waals surface area contributed by atoms with Crippen LogP contribution in [0.25, 0.3) is 0 Å². The molecule has 0 aromatic heterocycles. The van der Waals surface area contributed by atoms with E-state index in [2.05, 4.69) is 10.1 Å². The van der Waals surface area contributed by atoms with E-state index in [1.807, 2.05) is 0 Å². The molecule has 0 unspecified atom stereocenters. The predicted molar refractivity (Wildman–Crippen MR) is 39.4 cm³/mol. The van der Waals surface area contributed by atoms with Crippen LogP contribution < -0.4 is 5.32 Å². The first kappa shape index (κ1) is 8.33. The van der Waals surface area contributed by atoms with Gasteiger partial charge in [-0.05, 0) is 12.8 Å². The van der Waals surface area contributed by atoms with Crippen molar-refractivity contribution in [3.63, 3.8) is 0 Å². The van der Waals surface area contributed by atoms with Gasteiger partial charge in [-0.25, -0.2) is 4.79 Å². The summed E-state index contributed by atoms with van der Waals surface area (Å²) in [5.41, 5.74) is 0. The molecule has 1 fully saturated rings. The number of hydrogen-bond acceptors (Lipinski definition) is 3. The summed E-state index contributed by atoms with van der Waals surface area (Å²) in [6.07, 6.45) is 1.62. The molecule has 4 nitrogen and oxygen atoms in total. The predicted octanol–water partition coefficient (Wildman–Crippen LogP) is 0.521. The summed E-state index contributed by atoms with van der Waals surface area (Å²) in [7, 11) is 1.36. The van der Waals surface area contributed by atoms with Gasteiger partial charge in [0.05, 0.1) is 19.8 Å². The highest BCUT2D eigenvalue weighted by atomic mass is 16.5. The molecule has 1 rings (SSSR count). The minimum atomic E-state index is -0.375. The third-order valence-corrected chi connectivity index (χ3v) is 1.67. The molecular weight excluding hydrogens is 146 g/mol. The van der Waals surface area contributed by atoms with E-state index in [-0.39, 0.29) is 12.1 Å². The van der Waals surface area contributed by atoms with Gasteiger partial charge in [-0.3, -0.25) is 0 Å². The summed E-state index contributed by atoms with van der Waals surface area (Å²) in [4.78, 5) is 10.7. The summed E-state index contributed by atoms with van der Waals surface area (Å²) < 4.78 is 9.60. The van der Waals surface area contributed by atoms with Crippen LogP contribution >= 0.6 is 0 Å². The molecule has 1 aliphatic rings. The molecule has 0 bridgehead atoms. The lowest BCUT2D eigenvalue weighted by Crippen LogP contribution is -2.40. The molecule has 1 aliphatic heterocycles. The molecule has 0 aromatic carbocycles. The van der Waals surface area contributed by atoms with Crippen molar-refractivity contribution < 1.29 is 14.3 Å². The van der Waals surface area contributed by atoms with Crippen LogP contribution in [0, 0.1) is 0 Å². The number of carbonyl (C=O) groups is 1. The molecule has 0 radical (unpaired) electrons. The fraction of sp³-hybridized carbons (Fsp3) is 0.857. The highest BCUT2D eigenvalue weighted by Crippen LogP contribution is 2.05. The van der Waals surface area contributed by atoms with Crippen LogP contribution in [0.2, 0.25) is 0 Å². The molecule has 1 saturated heterocycles. The third kappa shape index (κ3) is 2.76. The maximum atomic E-state index is 10.7. The Morgan fingerprint density at radius 2 is 2.55 bits per heavy atom. The highest BCUT2D eigenvalue weighted by Gasteiger charge is 2.15. The lowest BCUT2D eigenvalue weighted by Gasteiger charge is -2.22. The van der Waals surface area contributed by atoms with Crippen molar-refractivity contribution in [1.82, 2.24) is 5.32 Å². The summed E-state index contributed by atoms with van der Waals surface area (Å²) in [5, 5.41) is 2.68. The Morgan fingerprint density at radius 3 is 3.09 bits per heavy atom. The van der Waals surface area contributed by atoms with Gasteiger partial charge in [0.1, 0.15) is 0 Å². The molecule has 0 saturated carbocycles. The minimum Gasteiger partial charge on any atom is -0.453 e. The Kier molecular flexibility index (Phi) is 3.16. The van der Waals surface area contributed by atoms with E-state index in [1.165, 1.54) is 7.11 Å². The van der Waals surface area contributed by atoms with E-state index in [9.17, 15) is 4.79 Å². The molecule has 0 spiro atoms. The smallest absolute Gasteiger partial charge is 0.407 e. The van der Waals surface area contributed by atoms with Gasteiger partial charge in [-0.2, -0.15) is 0 Å². The van der Waals surface area contributed by atoms with Gasteiger partial charge in [-0.15, -0.1) is 0 Å². The molecule has 1 N–H and O–H groups in total. The van der Waals surface area contributed by atoms with Gasteiger partial charge in [0.15, 0.2) is 0 Å². The first-order chi connectivity index (χ1) is 5.33. The largest absolute Gasteiger partial charge is 0.453 e. The average molecular weight is 159 g/mol. The quantitative estimate of drug-likeness (QED) is 0.606. The van der Waals surface area contributed by atoms with Crippen LogP contribution in [0.5, 0.6) is 0 Å². The van der Waals surface area contributed by atoms with Crippen molar-refractivity contribution in [2.45, 2.75) is 18.9 Å². The fourth-order valence-electron chi connectivity index (χ4n) is 1.08. The summed E-state index contributed by atoms with van der Waals surface area (Å²) in [5.74, 6) is 0. The van der Waals surface area contributed by atoms with E-state index < -0.39 is 0 Å². The number of methoxy groups -OCH3 is 1. The first-order valence-electron chi connectivity index (χ1n) is 3.75. The molecule has 1 heterocycles. The normalized spacial score (nSPS) is 24.3. The van der Waals surface area contributed by atoms with Crippen LogP contribution in [0.15, 0.2) is 0 Å². The fourth-order valence-corrected chi connectivity index (χ4v) is 1.08. The maximum Gasteiger partial charge on any atom is 0.407 e. The Morgan fingerprint density at radius 1 is 1.73 bits per heavy atom. The summed E-state index contributed by atoms with van der Waals surface area (Å²) in [6.45, 7) is 1.41. The average Bonchev–Trinajstić information content (AvgIpc) is 2.06. The Labute approximate surface area is 65.9 Å². The molecule has 1 atom stereocenters. The molecule has 11 heavy (non-hydrogen) atoms. The van der Waals surface area contributed by atoms with Crippen LogP contribution in [0.4, 0.5) is 4.79 Å². The van der Waals surface area contributed by atoms with Gasteiger partial charge in [0, 0.05) is 6.61 Å². The Hall–Kier alpha value is -0.770. The zero-order chi connectivity index (χ0) is 8.10. The summed E-state index contributed by atoms with van der Waals surface area (Å²) >= 11 is 0. The van der Waals surface area contributed by atoms with Gasteiger partial charge >= 0.3 is 6.09 Å². The second-order valence-electron chi connectivity index (χ2n) is 2.55. The van der Waals surface area contributed by atoms with Crippen LogP contribution in [0.3, 0.4) is 0 Å². The number of nitrogens with one attached hydrogen (secondary N) is 1. The Bertz CT molecular complexity index is 132. The zero-order valence-corrected chi connectivity index (χ0v) is 6.63. The molecule has 0 aliphatic carbocycles. The molecule has 1 amide bonds. The van der Waals surface area contributed by atoms with Crippen molar-refractivity contribution in [2.24, 2.45) is 0 Å². The maximum absolute atomic E-state index is 10.7. The first-order valence-corrected chi connectivity index (χ1v) is 3.75. The van der Waals surface area contributed by atoms with Crippen molar-refractivity contribution in [3.8, 4) is 0 Å². The molecular formula is C7H13NO3. The number of ether oxygens (including phenoxy) is 2. The van der Waals surface area contributed by atoms with Crippen molar-refractivity contribution in [3.05, 3.63) is 0 Å². The monoisotopic (exact) mass is 159 g/mol. The highest BCUT2D eigenvalue weighted by molar-refractivity contribution is 5.67. The SMILES string of the molecule is COC(=O)N[C@@H]1CCCOC1. The third-order valence-electron chi connectivity index (χ3n) is 1.67. The van der Waals surface area contributed by atoms with Crippen molar-refractivity contribution >= 4 is 6.09 Å². The molecule has 0 aromatic rings. The minimum absolute atomic E-state index is 0.135. The Balaban J connectivity index is 2.19. The number of hydrogen-bond donors (Lipinski definition) is 1. The second kappa shape index (κ2) is 4.18. The van der Waals surface area contributed by atoms with Crippen LogP contribution in [-0.2, 0) is 9.47 Å². The van der Waals surface area contributed by atoms with E-state index in [0.29, 0.717) is 6.61 Å². The van der Waals surface area contributed by atoms with Gasteiger partial charge in [0.25, 0.3) is 0 Å². The molecule has 4 heteroatoms. The van der Waals surface area contributed by atoms with Crippen LogP contribution in [0.1, 0.15) is 12.8 Å². The standard InChI is InChI=1S/C7H13NO3/c1-10-7(9)8-6-3-2-4-11-5-6/h6H,2-5H2,1H3,(H,8,9)/t6-/m1/s1. The second-order valence-corrected chi connectivity index (χ2v) is 2.55. The molecule has 64 valence electrons. The zero-order valence-electron chi connectivity index (χ0n) is 6.63. The lowest BCUT2D eigenvalue weighted by molar-refractivity contribution is 0.0677. The van der Waals surface area contributed by atoms with E-state index in [4.69, 9.17) is 4.74 Å². The van der Waals surface area contributed by atoms with Gasteiger partial charge in [0.2, 0.25) is 0 Å². The van der Waals surface area contributed by atoms with E-state index in [0.717, 1.165) is 19.4 Å². The number of carbonyl (C=O) groups excluding carboxylic acids is 1. The number of amides is 1. The van der Waals surface area contributed by atoms with Crippen molar-refractivity contribution in [2.75, 3.05) is 20.3 Å². The number of alkyl carbamates (subject to hydrolysis) is 1. The van der Waals surface area contributed by atoms with Gasteiger partial charge < -0.3 is 14.8 Å². The van der Waals surface area contributed by atoms with Crippen molar-refractivity contribution in [1.29, 1.82) is 0 Å². The topological polar surface area (TPSA) is 47.6 Å². The van der Waals surface area contributed by atoms with Gasteiger partial charge in [-0.1, -0.05) is 0 Å². The lowest BCUT2D eigenvalue weighted by atomic mass is 10.1. The summed E-state index contributed by atoms with van der Waals surface area (Å²) in [6, 6.07) is 0.135. The number of rotatable bonds is 1.